The zero-order valence-corrected chi connectivity index (χ0v) is 14.2. The van der Waals surface area contributed by atoms with Crippen LogP contribution in [-0.2, 0) is 0 Å². The number of likely N-dealkylation sites (N-methyl/N-ethyl adjacent to an activating group) is 1. The van der Waals surface area contributed by atoms with Gasteiger partial charge >= 0.3 is 6.03 Å². The number of nitrogens with two attached hydrogens (primary N) is 1. The fourth-order valence-electron chi connectivity index (χ4n) is 1.99. The fraction of sp³-hybridized carbons (Fsp3) is 0.235. The van der Waals surface area contributed by atoms with Gasteiger partial charge in [-0.15, -0.1) is 0 Å². The van der Waals surface area contributed by atoms with E-state index >= 15 is 0 Å². The molecular formula is C17H21N5O3. The number of primary amides is 1. The molecule has 3 amide bonds. The lowest BCUT2D eigenvalue weighted by Crippen LogP contribution is -2.31. The number of benzene rings is 1. The minimum Gasteiger partial charge on any atom is -0.438 e. The molecule has 0 aliphatic rings. The Morgan fingerprint density at radius 2 is 1.92 bits per heavy atom. The van der Waals surface area contributed by atoms with Crippen molar-refractivity contribution in [2.75, 3.05) is 32.5 Å². The number of pyridine rings is 1. The molecule has 2 aromatic rings. The minimum absolute atomic E-state index is 0.209. The first-order valence-corrected chi connectivity index (χ1v) is 7.68. The van der Waals surface area contributed by atoms with Crippen molar-refractivity contribution < 1.29 is 14.3 Å². The lowest BCUT2D eigenvalue weighted by molar-refractivity contribution is 0.0948. The van der Waals surface area contributed by atoms with Crippen molar-refractivity contribution >= 4 is 17.6 Å². The maximum Gasteiger partial charge on any atom is 0.316 e. The van der Waals surface area contributed by atoms with Crippen LogP contribution in [0.25, 0.3) is 0 Å². The standard InChI is InChI=1S/C17H21N5O3/c1-22(2)11-10-19-15(23)14-4-3-9-20-16(14)25-13-7-5-12(6-8-13)21-17(18)24/h3-9H,10-11H2,1-2H3,(H,19,23)(H3,18,21,24). The van der Waals surface area contributed by atoms with Crippen LogP contribution in [-0.4, -0.2) is 49.0 Å². The highest BCUT2D eigenvalue weighted by Crippen LogP contribution is 2.24. The molecule has 0 aliphatic heterocycles. The topological polar surface area (TPSA) is 110 Å². The molecule has 0 atom stereocenters. The van der Waals surface area contributed by atoms with Crippen LogP contribution in [0, 0.1) is 0 Å². The van der Waals surface area contributed by atoms with Gasteiger partial charge in [0.25, 0.3) is 5.91 Å². The molecule has 1 aromatic heterocycles. The van der Waals surface area contributed by atoms with Crippen molar-refractivity contribution in [3.05, 3.63) is 48.2 Å². The summed E-state index contributed by atoms with van der Waals surface area (Å²) in [5.74, 6) is 0.438. The molecule has 0 radical (unpaired) electrons. The molecule has 2 rings (SSSR count). The number of rotatable bonds is 7. The molecule has 0 aliphatic carbocycles. The Labute approximate surface area is 146 Å². The van der Waals surface area contributed by atoms with Crippen molar-refractivity contribution in [3.63, 3.8) is 0 Å². The molecule has 25 heavy (non-hydrogen) atoms. The van der Waals surface area contributed by atoms with Crippen LogP contribution in [0.2, 0.25) is 0 Å². The Kier molecular flexibility index (Phi) is 6.30. The van der Waals surface area contributed by atoms with Gasteiger partial charge in [0.05, 0.1) is 0 Å². The monoisotopic (exact) mass is 343 g/mol. The summed E-state index contributed by atoms with van der Waals surface area (Å²) in [6, 6.07) is 9.25. The summed E-state index contributed by atoms with van der Waals surface area (Å²) in [7, 11) is 3.86. The van der Waals surface area contributed by atoms with Gasteiger partial charge in [0.1, 0.15) is 11.3 Å². The predicted molar refractivity (Wildman–Crippen MR) is 94.8 cm³/mol. The van der Waals surface area contributed by atoms with E-state index in [1.165, 1.54) is 0 Å². The summed E-state index contributed by atoms with van der Waals surface area (Å²) in [6.45, 7) is 1.25. The molecule has 8 heteroatoms. The molecule has 1 aromatic carbocycles. The number of carbonyl (C=O) groups is 2. The number of urea groups is 1. The summed E-state index contributed by atoms with van der Waals surface area (Å²) in [4.78, 5) is 29.2. The van der Waals surface area contributed by atoms with Crippen LogP contribution < -0.4 is 21.1 Å². The highest BCUT2D eigenvalue weighted by atomic mass is 16.5. The number of amides is 3. The largest absolute Gasteiger partial charge is 0.438 e. The van der Waals surface area contributed by atoms with Gasteiger partial charge in [-0.2, -0.15) is 0 Å². The van der Waals surface area contributed by atoms with Crippen molar-refractivity contribution in [2.24, 2.45) is 5.73 Å². The number of hydrogen-bond donors (Lipinski definition) is 3. The van der Waals surface area contributed by atoms with E-state index in [1.807, 2.05) is 19.0 Å². The Bertz CT molecular complexity index is 731. The van der Waals surface area contributed by atoms with Gasteiger partial charge in [-0.1, -0.05) is 0 Å². The number of hydrogen-bond acceptors (Lipinski definition) is 5. The molecule has 1 heterocycles. The van der Waals surface area contributed by atoms with Crippen LogP contribution in [0.4, 0.5) is 10.5 Å². The first-order valence-electron chi connectivity index (χ1n) is 7.68. The minimum atomic E-state index is -0.643. The van der Waals surface area contributed by atoms with Crippen LogP contribution in [0.1, 0.15) is 10.4 Å². The number of ether oxygens (including phenoxy) is 1. The van der Waals surface area contributed by atoms with Crippen LogP contribution in [0.15, 0.2) is 42.6 Å². The molecule has 4 N–H and O–H groups in total. The second-order valence-corrected chi connectivity index (χ2v) is 5.53. The van der Waals surface area contributed by atoms with Gasteiger partial charge < -0.3 is 26.0 Å². The lowest BCUT2D eigenvalue weighted by Gasteiger charge is -2.12. The van der Waals surface area contributed by atoms with Gasteiger partial charge in [-0.25, -0.2) is 9.78 Å². The number of aromatic nitrogens is 1. The summed E-state index contributed by atoms with van der Waals surface area (Å²) < 4.78 is 5.69. The molecule has 0 bridgehead atoms. The van der Waals surface area contributed by atoms with Crippen LogP contribution in [0.5, 0.6) is 11.6 Å². The molecule has 0 saturated carbocycles. The van der Waals surface area contributed by atoms with Gasteiger partial charge in [-0.05, 0) is 50.5 Å². The van der Waals surface area contributed by atoms with Crippen molar-refractivity contribution in [1.82, 2.24) is 15.2 Å². The Balaban J connectivity index is 2.07. The van der Waals surface area contributed by atoms with E-state index in [2.05, 4.69) is 15.6 Å². The second kappa shape index (κ2) is 8.65. The van der Waals surface area contributed by atoms with E-state index in [4.69, 9.17) is 10.5 Å². The first-order chi connectivity index (χ1) is 12.0. The average molecular weight is 343 g/mol. The summed E-state index contributed by atoms with van der Waals surface area (Å²) in [6.07, 6.45) is 1.55. The smallest absolute Gasteiger partial charge is 0.316 e. The highest BCUT2D eigenvalue weighted by molar-refractivity contribution is 5.96. The van der Waals surface area contributed by atoms with Crippen molar-refractivity contribution in [1.29, 1.82) is 0 Å². The number of anilines is 1. The highest BCUT2D eigenvalue weighted by Gasteiger charge is 2.14. The lowest BCUT2D eigenvalue weighted by atomic mass is 10.2. The zero-order chi connectivity index (χ0) is 18.2. The van der Waals surface area contributed by atoms with Crippen molar-refractivity contribution in [3.8, 4) is 11.6 Å². The Hall–Kier alpha value is -3.13. The fourth-order valence-corrected chi connectivity index (χ4v) is 1.99. The van der Waals surface area contributed by atoms with Gasteiger partial charge in [0.2, 0.25) is 5.88 Å². The number of nitrogens with zero attached hydrogens (tertiary/aromatic N) is 2. The average Bonchev–Trinajstić information content (AvgIpc) is 2.56. The van der Waals surface area contributed by atoms with E-state index in [1.54, 1.807) is 42.6 Å². The predicted octanol–water partition coefficient (Wildman–Crippen LogP) is 1.66. The van der Waals surface area contributed by atoms with E-state index in [0.29, 0.717) is 23.5 Å². The molecule has 0 fully saturated rings. The van der Waals surface area contributed by atoms with Crippen molar-refractivity contribution in [2.45, 2.75) is 0 Å². The molecule has 132 valence electrons. The third-order valence-corrected chi connectivity index (χ3v) is 3.20. The summed E-state index contributed by atoms with van der Waals surface area (Å²) >= 11 is 0. The SMILES string of the molecule is CN(C)CCNC(=O)c1cccnc1Oc1ccc(NC(N)=O)cc1. The molecular weight excluding hydrogens is 322 g/mol. The van der Waals surface area contributed by atoms with Gasteiger partial charge in [-0.3, -0.25) is 4.79 Å². The summed E-state index contributed by atoms with van der Waals surface area (Å²) in [5.41, 5.74) is 5.95. The quantitative estimate of drug-likeness (QED) is 0.708. The maximum absolute atomic E-state index is 12.3. The van der Waals surface area contributed by atoms with E-state index in [-0.39, 0.29) is 11.8 Å². The molecule has 0 spiro atoms. The Morgan fingerprint density at radius 1 is 1.20 bits per heavy atom. The third-order valence-electron chi connectivity index (χ3n) is 3.20. The van der Waals surface area contributed by atoms with Crippen LogP contribution >= 0.6 is 0 Å². The summed E-state index contributed by atoms with van der Waals surface area (Å²) in [5, 5.41) is 5.28. The maximum atomic E-state index is 12.3. The first kappa shape index (κ1) is 18.2. The number of nitrogens with one attached hydrogen (secondary N) is 2. The Morgan fingerprint density at radius 3 is 2.56 bits per heavy atom. The van der Waals surface area contributed by atoms with Gasteiger partial charge in [0.15, 0.2) is 0 Å². The molecule has 0 saturated heterocycles. The van der Waals surface area contributed by atoms with E-state index < -0.39 is 6.03 Å². The number of carbonyl (C=O) groups excluding carboxylic acids is 2. The van der Waals surface area contributed by atoms with Crippen LogP contribution in [0.3, 0.4) is 0 Å². The van der Waals surface area contributed by atoms with E-state index in [9.17, 15) is 9.59 Å². The third kappa shape index (κ3) is 5.78. The second-order valence-electron chi connectivity index (χ2n) is 5.53. The normalized spacial score (nSPS) is 10.4. The molecule has 0 unspecified atom stereocenters. The van der Waals surface area contributed by atoms with Gasteiger partial charge in [0, 0.05) is 25.0 Å². The molecule has 8 nitrogen and oxygen atoms in total. The zero-order valence-electron chi connectivity index (χ0n) is 14.2. The van der Waals surface area contributed by atoms with E-state index in [0.717, 1.165) is 6.54 Å².